The summed E-state index contributed by atoms with van der Waals surface area (Å²) in [4.78, 5) is 10.5. The minimum Gasteiger partial charge on any atom is -0.350 e. The molecule has 0 aromatic rings. The minimum atomic E-state index is 0.00111. The molecule has 1 N–H and O–H groups in total. The first-order chi connectivity index (χ1) is 4.79. The molecule has 2 heteroatoms. The highest BCUT2D eigenvalue weighted by molar-refractivity contribution is 5.73. The molecular weight excluding hydrogens is 126 g/mol. The van der Waals surface area contributed by atoms with Crippen LogP contribution in [0.1, 0.15) is 6.92 Å². The Labute approximate surface area is 60.6 Å². The summed E-state index contributed by atoms with van der Waals surface area (Å²) in [5.41, 5.74) is 0. The summed E-state index contributed by atoms with van der Waals surface area (Å²) in [7, 11) is 0. The first-order valence-electron chi connectivity index (χ1n) is 3.24. The fourth-order valence-corrected chi connectivity index (χ4v) is 0.827. The number of hydrogen-bond donors (Lipinski definition) is 1. The fourth-order valence-electron chi connectivity index (χ4n) is 0.827. The zero-order chi connectivity index (χ0) is 7.40. The molecule has 0 fully saturated rings. The predicted molar refractivity (Wildman–Crippen MR) is 40.2 cm³/mol. The SMILES string of the molecule is CC(=O)NC1[CH]C=CC=C1. The third-order valence-corrected chi connectivity index (χ3v) is 1.23. The summed E-state index contributed by atoms with van der Waals surface area (Å²) in [6.45, 7) is 1.51. The summed E-state index contributed by atoms with van der Waals surface area (Å²) in [5, 5.41) is 2.75. The van der Waals surface area contributed by atoms with Crippen LogP contribution < -0.4 is 5.32 Å². The molecule has 0 aliphatic heterocycles. The van der Waals surface area contributed by atoms with Crippen molar-refractivity contribution in [3.8, 4) is 0 Å². The number of nitrogens with one attached hydrogen (secondary N) is 1. The molecule has 0 bridgehead atoms. The molecule has 53 valence electrons. The number of carbonyl (C=O) groups is 1. The van der Waals surface area contributed by atoms with Gasteiger partial charge in [-0.2, -0.15) is 0 Å². The zero-order valence-corrected chi connectivity index (χ0v) is 5.87. The van der Waals surface area contributed by atoms with Gasteiger partial charge in [0.15, 0.2) is 0 Å². The number of hydrogen-bond acceptors (Lipinski definition) is 1. The summed E-state index contributed by atoms with van der Waals surface area (Å²) in [6.07, 6.45) is 9.63. The fraction of sp³-hybridized carbons (Fsp3) is 0.250. The topological polar surface area (TPSA) is 29.1 Å². The van der Waals surface area contributed by atoms with Crippen molar-refractivity contribution < 1.29 is 4.79 Å². The third kappa shape index (κ3) is 2.05. The highest BCUT2D eigenvalue weighted by atomic mass is 16.1. The molecule has 2 nitrogen and oxygen atoms in total. The highest BCUT2D eigenvalue weighted by Gasteiger charge is 2.04. The van der Waals surface area contributed by atoms with E-state index in [9.17, 15) is 4.79 Å². The Bertz CT molecular complexity index is 182. The lowest BCUT2D eigenvalue weighted by Crippen LogP contribution is -2.31. The van der Waals surface area contributed by atoms with Crippen molar-refractivity contribution in [1.29, 1.82) is 0 Å². The lowest BCUT2D eigenvalue weighted by molar-refractivity contribution is -0.119. The summed E-state index contributed by atoms with van der Waals surface area (Å²) in [6, 6.07) is 0.0856. The molecule has 1 rings (SSSR count). The van der Waals surface area contributed by atoms with Crippen molar-refractivity contribution in [3.05, 3.63) is 30.7 Å². The van der Waals surface area contributed by atoms with Gasteiger partial charge in [0.2, 0.25) is 5.91 Å². The summed E-state index contributed by atoms with van der Waals surface area (Å²) < 4.78 is 0. The van der Waals surface area contributed by atoms with E-state index in [1.165, 1.54) is 6.92 Å². The lowest BCUT2D eigenvalue weighted by Gasteiger charge is -2.12. The van der Waals surface area contributed by atoms with Crippen molar-refractivity contribution in [2.45, 2.75) is 13.0 Å². The molecule has 1 amide bonds. The van der Waals surface area contributed by atoms with Gasteiger partial charge < -0.3 is 5.32 Å². The van der Waals surface area contributed by atoms with Gasteiger partial charge in [-0.3, -0.25) is 4.79 Å². The molecule has 1 atom stereocenters. The van der Waals surface area contributed by atoms with Crippen molar-refractivity contribution in [2.24, 2.45) is 0 Å². The van der Waals surface area contributed by atoms with Crippen LogP contribution in [-0.2, 0) is 4.79 Å². The van der Waals surface area contributed by atoms with Crippen molar-refractivity contribution in [1.82, 2.24) is 5.32 Å². The van der Waals surface area contributed by atoms with Crippen molar-refractivity contribution in [2.75, 3.05) is 0 Å². The molecule has 0 saturated heterocycles. The molecule has 0 aromatic carbocycles. The van der Waals surface area contributed by atoms with E-state index in [1.807, 2.05) is 30.7 Å². The molecule has 0 aromatic heterocycles. The second kappa shape index (κ2) is 3.20. The van der Waals surface area contributed by atoms with Gasteiger partial charge in [-0.1, -0.05) is 24.3 Å². The van der Waals surface area contributed by atoms with E-state index in [4.69, 9.17) is 0 Å². The molecule has 1 radical (unpaired) electrons. The maximum Gasteiger partial charge on any atom is 0.217 e. The van der Waals surface area contributed by atoms with Gasteiger partial charge in [0.1, 0.15) is 0 Å². The first kappa shape index (κ1) is 7.06. The van der Waals surface area contributed by atoms with Crippen LogP contribution in [0.3, 0.4) is 0 Å². The van der Waals surface area contributed by atoms with Gasteiger partial charge >= 0.3 is 0 Å². The summed E-state index contributed by atoms with van der Waals surface area (Å²) in [5.74, 6) is 0.00111. The third-order valence-electron chi connectivity index (χ3n) is 1.23. The van der Waals surface area contributed by atoms with Gasteiger partial charge in [0.05, 0.1) is 6.04 Å². The van der Waals surface area contributed by atoms with Crippen LogP contribution in [-0.4, -0.2) is 11.9 Å². The van der Waals surface area contributed by atoms with Crippen molar-refractivity contribution in [3.63, 3.8) is 0 Å². The number of rotatable bonds is 1. The molecule has 1 unspecified atom stereocenters. The van der Waals surface area contributed by atoms with E-state index in [0.717, 1.165) is 0 Å². The van der Waals surface area contributed by atoms with Crippen LogP contribution in [0.25, 0.3) is 0 Å². The number of amides is 1. The monoisotopic (exact) mass is 136 g/mol. The number of allylic oxidation sites excluding steroid dienone is 2. The van der Waals surface area contributed by atoms with Gasteiger partial charge in [-0.25, -0.2) is 0 Å². The molecule has 0 heterocycles. The first-order valence-corrected chi connectivity index (χ1v) is 3.24. The quantitative estimate of drug-likeness (QED) is 0.568. The second-order valence-corrected chi connectivity index (χ2v) is 2.19. The molecule has 0 saturated carbocycles. The maximum absolute atomic E-state index is 10.5. The van der Waals surface area contributed by atoms with Crippen LogP contribution in [0.4, 0.5) is 0 Å². The van der Waals surface area contributed by atoms with E-state index < -0.39 is 0 Å². The standard InChI is InChI=1S/C8H10NO/c1-7(10)9-8-5-3-2-4-6-8/h2-6,8H,1H3,(H,9,10). The van der Waals surface area contributed by atoms with Gasteiger partial charge in [0, 0.05) is 13.3 Å². The molecule has 0 spiro atoms. The Morgan fingerprint density at radius 2 is 2.20 bits per heavy atom. The summed E-state index contributed by atoms with van der Waals surface area (Å²) >= 11 is 0. The average Bonchev–Trinajstić information content (AvgIpc) is 1.88. The number of carbonyl (C=O) groups excluding carboxylic acids is 1. The lowest BCUT2D eigenvalue weighted by atomic mass is 10.1. The van der Waals surface area contributed by atoms with Crippen LogP contribution in [0.15, 0.2) is 24.3 Å². The average molecular weight is 136 g/mol. The maximum atomic E-state index is 10.5. The highest BCUT2D eigenvalue weighted by Crippen LogP contribution is 2.00. The Balaban J connectivity index is 2.37. The smallest absolute Gasteiger partial charge is 0.217 e. The van der Waals surface area contributed by atoms with Crippen LogP contribution >= 0.6 is 0 Å². The van der Waals surface area contributed by atoms with Crippen LogP contribution in [0.5, 0.6) is 0 Å². The molecule has 10 heavy (non-hydrogen) atoms. The van der Waals surface area contributed by atoms with E-state index in [1.54, 1.807) is 0 Å². The normalized spacial score (nSPS) is 22.7. The molecule has 1 aliphatic carbocycles. The second-order valence-electron chi connectivity index (χ2n) is 2.19. The van der Waals surface area contributed by atoms with E-state index in [0.29, 0.717) is 0 Å². The van der Waals surface area contributed by atoms with Gasteiger partial charge in [-0.15, -0.1) is 0 Å². The largest absolute Gasteiger partial charge is 0.350 e. The van der Waals surface area contributed by atoms with E-state index in [-0.39, 0.29) is 11.9 Å². The van der Waals surface area contributed by atoms with Gasteiger partial charge in [-0.05, 0) is 0 Å². The minimum absolute atomic E-state index is 0.00111. The Kier molecular flexibility index (Phi) is 2.26. The Morgan fingerprint density at radius 1 is 1.40 bits per heavy atom. The molecular formula is C8H10NO. The molecule has 1 aliphatic rings. The van der Waals surface area contributed by atoms with E-state index >= 15 is 0 Å². The Hall–Kier alpha value is -1.05. The predicted octanol–water partition coefficient (Wildman–Crippen LogP) is 0.821. The Morgan fingerprint density at radius 3 is 2.70 bits per heavy atom. The van der Waals surface area contributed by atoms with E-state index in [2.05, 4.69) is 5.32 Å². The van der Waals surface area contributed by atoms with Crippen LogP contribution in [0, 0.1) is 6.42 Å². The van der Waals surface area contributed by atoms with Crippen molar-refractivity contribution >= 4 is 5.91 Å². The zero-order valence-electron chi connectivity index (χ0n) is 5.87. The van der Waals surface area contributed by atoms with Crippen LogP contribution in [0.2, 0.25) is 0 Å². The van der Waals surface area contributed by atoms with Gasteiger partial charge in [0.25, 0.3) is 0 Å².